The summed E-state index contributed by atoms with van der Waals surface area (Å²) in [5.41, 5.74) is 0. The lowest BCUT2D eigenvalue weighted by molar-refractivity contribution is -0.126. The normalized spacial score (nSPS) is 79.2. The molecular weight excluding hydrogens is 168 g/mol. The molecule has 0 aromatic carbocycles. The lowest BCUT2D eigenvalue weighted by Crippen LogP contribution is -2.46. The first-order chi connectivity index (χ1) is 5.88. The fraction of sp³-hybridized carbons (Fsp3) is 0.900. The monoisotopic (exact) mass is 178 g/mol. The fourth-order valence-electron chi connectivity index (χ4n) is 5.22. The van der Waals surface area contributed by atoms with Crippen molar-refractivity contribution in [2.24, 2.45) is 35.5 Å². The molecule has 5 rings (SSSR count). The summed E-state index contributed by atoms with van der Waals surface area (Å²) in [6, 6.07) is 0. The summed E-state index contributed by atoms with van der Waals surface area (Å²) in [7, 11) is 0. The molecule has 12 heavy (non-hydrogen) atoms. The Morgan fingerprint density at radius 3 is 2.92 bits per heavy atom. The predicted octanol–water partition coefficient (Wildman–Crippen LogP) is 1.18. The Kier molecular flexibility index (Phi) is 0.623. The number of ketones is 1. The maximum atomic E-state index is 11.9. The van der Waals surface area contributed by atoms with Crippen LogP contribution in [0.3, 0.4) is 0 Å². The predicted molar refractivity (Wildman–Crippen MR) is 45.7 cm³/mol. The molecule has 5 aliphatic rings. The second-order valence-corrected chi connectivity index (χ2v) is 6.60. The summed E-state index contributed by atoms with van der Waals surface area (Å²) >= 11 is 2.19. The minimum atomic E-state index is 0.546. The quantitative estimate of drug-likeness (QED) is 0.554. The number of Topliss-reactive ketones (excluding diaryl/α,β-unsaturated/α-hetero) is 1. The third-order valence-electron chi connectivity index (χ3n) is 5.33. The molecule has 1 heterocycles. The maximum absolute atomic E-state index is 11.9. The molecular formula is C10H10OS. The number of hydrogen-bond donors (Lipinski definition) is 0. The first kappa shape index (κ1) is 5.69. The number of carbonyl (C=O) groups is 1. The van der Waals surface area contributed by atoms with Crippen LogP contribution in [-0.4, -0.2) is 16.3 Å². The van der Waals surface area contributed by atoms with Crippen molar-refractivity contribution in [2.75, 3.05) is 0 Å². The van der Waals surface area contributed by atoms with Crippen LogP contribution in [0.2, 0.25) is 0 Å². The van der Waals surface area contributed by atoms with Crippen molar-refractivity contribution < 1.29 is 4.79 Å². The summed E-state index contributed by atoms with van der Waals surface area (Å²) in [6.45, 7) is 0. The summed E-state index contributed by atoms with van der Waals surface area (Å²) in [5.74, 6) is 5.55. The van der Waals surface area contributed by atoms with Gasteiger partial charge in [-0.15, -0.1) is 0 Å². The molecule has 1 saturated heterocycles. The summed E-state index contributed by atoms with van der Waals surface area (Å²) in [6.07, 6.45) is 1.43. The number of hydrogen-bond acceptors (Lipinski definition) is 2. The minimum Gasteiger partial charge on any atom is -0.299 e. The minimum absolute atomic E-state index is 0.546. The highest BCUT2D eigenvalue weighted by atomic mass is 32.2. The first-order valence-corrected chi connectivity index (χ1v) is 6.01. The Balaban J connectivity index is 1.91. The highest BCUT2D eigenvalue weighted by Gasteiger charge is 2.81. The maximum Gasteiger partial charge on any atom is 0.141 e. The zero-order valence-corrected chi connectivity index (χ0v) is 7.46. The smallest absolute Gasteiger partial charge is 0.141 e. The number of fused-ring (bicyclic) bond motifs is 2. The van der Waals surface area contributed by atoms with E-state index in [4.69, 9.17) is 0 Å². The van der Waals surface area contributed by atoms with Gasteiger partial charge in [0.05, 0.1) is 0 Å². The van der Waals surface area contributed by atoms with Crippen LogP contribution in [0, 0.1) is 35.5 Å². The third-order valence-corrected chi connectivity index (χ3v) is 7.21. The molecule has 0 amide bonds. The van der Waals surface area contributed by atoms with Crippen LogP contribution in [-0.2, 0) is 4.79 Å². The summed E-state index contributed by atoms with van der Waals surface area (Å²) < 4.78 is 0. The van der Waals surface area contributed by atoms with Crippen molar-refractivity contribution in [3.63, 3.8) is 0 Å². The van der Waals surface area contributed by atoms with Crippen molar-refractivity contribution in [2.45, 2.75) is 16.9 Å². The largest absolute Gasteiger partial charge is 0.299 e. The molecule has 62 valence electrons. The van der Waals surface area contributed by atoms with Gasteiger partial charge in [-0.1, -0.05) is 0 Å². The molecule has 1 aliphatic heterocycles. The van der Waals surface area contributed by atoms with Gasteiger partial charge in [0.2, 0.25) is 0 Å². The molecule has 4 saturated carbocycles. The lowest BCUT2D eigenvalue weighted by atomic mass is 9.64. The second-order valence-electron chi connectivity index (χ2n) is 5.24. The third kappa shape index (κ3) is 0.301. The molecule has 0 N–H and O–H groups in total. The number of rotatable bonds is 0. The van der Waals surface area contributed by atoms with Gasteiger partial charge in [-0.3, -0.25) is 4.79 Å². The Hall–Kier alpha value is 0.0200. The molecule has 0 radical (unpaired) electrons. The molecule has 8 atom stereocenters. The Morgan fingerprint density at radius 1 is 1.08 bits per heavy atom. The molecule has 0 unspecified atom stereocenters. The van der Waals surface area contributed by atoms with Crippen LogP contribution in [0.4, 0.5) is 0 Å². The summed E-state index contributed by atoms with van der Waals surface area (Å²) in [5, 5.41) is 1.61. The van der Waals surface area contributed by atoms with Crippen LogP contribution < -0.4 is 0 Å². The van der Waals surface area contributed by atoms with E-state index in [9.17, 15) is 4.79 Å². The highest BCUT2D eigenvalue weighted by Crippen LogP contribution is 2.81. The molecule has 2 heteroatoms. The Morgan fingerprint density at radius 2 is 2.00 bits per heavy atom. The van der Waals surface area contributed by atoms with Crippen molar-refractivity contribution in [1.29, 1.82) is 0 Å². The molecule has 1 nitrogen and oxygen atoms in total. The van der Waals surface area contributed by atoms with Crippen LogP contribution in [0.5, 0.6) is 0 Å². The molecule has 2 bridgehead atoms. The van der Waals surface area contributed by atoms with Crippen molar-refractivity contribution >= 4 is 17.5 Å². The highest BCUT2D eigenvalue weighted by molar-refractivity contribution is 8.01. The van der Waals surface area contributed by atoms with Gasteiger partial charge < -0.3 is 0 Å². The van der Waals surface area contributed by atoms with Crippen molar-refractivity contribution in [3.05, 3.63) is 0 Å². The average Bonchev–Trinajstić information content (AvgIpc) is 2.47. The topological polar surface area (TPSA) is 17.1 Å². The zero-order chi connectivity index (χ0) is 7.61. The van der Waals surface area contributed by atoms with Crippen LogP contribution in [0.25, 0.3) is 0 Å². The molecule has 4 aliphatic carbocycles. The van der Waals surface area contributed by atoms with Gasteiger partial charge in [0.15, 0.2) is 0 Å². The van der Waals surface area contributed by atoms with E-state index in [2.05, 4.69) is 11.8 Å². The standard InChI is InChI=1S/C10H10OS/c11-8-6-2-1-3-5-4(2)7(8)10(5)12-9(3)6/h2-7,9-10H,1H2/t2-,3-,4-,5+,6+,7-,9-,10-/m1/s1. The van der Waals surface area contributed by atoms with Crippen LogP contribution in [0.1, 0.15) is 6.42 Å². The van der Waals surface area contributed by atoms with Crippen LogP contribution >= 0.6 is 11.8 Å². The van der Waals surface area contributed by atoms with Crippen LogP contribution in [0.15, 0.2) is 0 Å². The van der Waals surface area contributed by atoms with E-state index in [1.165, 1.54) is 6.42 Å². The van der Waals surface area contributed by atoms with Gasteiger partial charge in [0.1, 0.15) is 5.78 Å². The van der Waals surface area contributed by atoms with E-state index in [1.54, 1.807) is 0 Å². The molecule has 0 aromatic heterocycles. The number of thioether (sulfide) groups is 1. The average molecular weight is 178 g/mol. The van der Waals surface area contributed by atoms with Crippen molar-refractivity contribution in [3.8, 4) is 0 Å². The van der Waals surface area contributed by atoms with Crippen molar-refractivity contribution in [1.82, 2.24) is 0 Å². The van der Waals surface area contributed by atoms with E-state index in [-0.39, 0.29) is 0 Å². The van der Waals surface area contributed by atoms with E-state index < -0.39 is 0 Å². The zero-order valence-electron chi connectivity index (χ0n) is 6.64. The SMILES string of the molecule is O=C1[C@@H]2[C@@H]3C[C@H]4[C@H]2S[C@H]2[C@@H]1[C@H]3[C@H]42. The van der Waals surface area contributed by atoms with Gasteiger partial charge in [0.25, 0.3) is 0 Å². The molecule has 5 fully saturated rings. The lowest BCUT2D eigenvalue weighted by Gasteiger charge is -2.42. The Labute approximate surface area is 75.3 Å². The van der Waals surface area contributed by atoms with Gasteiger partial charge in [0, 0.05) is 22.3 Å². The molecule has 0 aromatic rings. The van der Waals surface area contributed by atoms with Gasteiger partial charge in [-0.05, 0) is 30.1 Å². The van der Waals surface area contributed by atoms with Gasteiger partial charge in [-0.25, -0.2) is 0 Å². The van der Waals surface area contributed by atoms with Gasteiger partial charge in [-0.2, -0.15) is 11.8 Å². The second kappa shape index (κ2) is 1.31. The number of carbonyl (C=O) groups excluding carboxylic acids is 1. The Bertz CT molecular complexity index is 320. The summed E-state index contributed by atoms with van der Waals surface area (Å²) in [4.78, 5) is 11.9. The fourth-order valence-corrected chi connectivity index (χ4v) is 7.63. The molecule has 0 spiro atoms. The van der Waals surface area contributed by atoms with Gasteiger partial charge >= 0.3 is 0 Å². The van der Waals surface area contributed by atoms with E-state index >= 15 is 0 Å². The first-order valence-electron chi connectivity index (χ1n) is 5.07. The van der Waals surface area contributed by atoms with E-state index in [0.717, 1.165) is 34.2 Å². The van der Waals surface area contributed by atoms with E-state index in [0.29, 0.717) is 17.6 Å². The van der Waals surface area contributed by atoms with E-state index in [1.807, 2.05) is 0 Å².